The summed E-state index contributed by atoms with van der Waals surface area (Å²) < 4.78 is 10.6. The van der Waals surface area contributed by atoms with E-state index in [0.29, 0.717) is 17.1 Å². The summed E-state index contributed by atoms with van der Waals surface area (Å²) in [5.41, 5.74) is -0.686. The van der Waals surface area contributed by atoms with Crippen molar-refractivity contribution >= 4 is 17.8 Å². The van der Waals surface area contributed by atoms with E-state index >= 15 is 0 Å². The van der Waals surface area contributed by atoms with Crippen molar-refractivity contribution in [3.05, 3.63) is 23.8 Å². The van der Waals surface area contributed by atoms with Crippen LogP contribution < -0.4 is 20.1 Å². The molecule has 2 aliphatic heterocycles. The lowest BCUT2D eigenvalue weighted by Crippen LogP contribution is -2.44. The lowest BCUT2D eigenvalue weighted by molar-refractivity contribution is -0.135. The van der Waals surface area contributed by atoms with E-state index in [1.54, 1.807) is 25.1 Å². The number of hydrogen-bond acceptors (Lipinski definition) is 5. The third-order valence-corrected chi connectivity index (χ3v) is 4.55. The van der Waals surface area contributed by atoms with E-state index in [2.05, 4.69) is 10.6 Å². The van der Waals surface area contributed by atoms with Gasteiger partial charge in [-0.1, -0.05) is 13.0 Å². The van der Waals surface area contributed by atoms with Crippen LogP contribution in [0.2, 0.25) is 0 Å². The Morgan fingerprint density at radius 3 is 2.80 bits per heavy atom. The Labute approximate surface area is 145 Å². The summed E-state index contributed by atoms with van der Waals surface area (Å²) in [7, 11) is 0. The first-order valence-corrected chi connectivity index (χ1v) is 8.18. The average molecular weight is 347 g/mol. The molecule has 0 bridgehead atoms. The minimum absolute atomic E-state index is 0.0199. The molecule has 2 atom stereocenters. The first-order valence-electron chi connectivity index (χ1n) is 8.18. The Kier molecular flexibility index (Phi) is 4.28. The number of imide groups is 1. The molecule has 1 fully saturated rings. The van der Waals surface area contributed by atoms with Crippen LogP contribution in [0.4, 0.5) is 4.79 Å². The Bertz CT molecular complexity index is 735. The monoisotopic (exact) mass is 347 g/mol. The number of hydrogen-bond donors (Lipinski definition) is 2. The second-order valence-electron chi connectivity index (χ2n) is 6.39. The van der Waals surface area contributed by atoms with Gasteiger partial charge in [-0.2, -0.15) is 0 Å². The zero-order chi connectivity index (χ0) is 18.2. The number of carbonyl (C=O) groups is 3. The van der Waals surface area contributed by atoms with Gasteiger partial charge in [0.2, 0.25) is 12.7 Å². The summed E-state index contributed by atoms with van der Waals surface area (Å²) in [5, 5.41) is 5.42. The highest BCUT2D eigenvalue weighted by Crippen LogP contribution is 2.37. The number of fused-ring (bicyclic) bond motifs is 1. The predicted molar refractivity (Wildman–Crippen MR) is 88.1 cm³/mol. The molecule has 134 valence electrons. The molecule has 0 unspecified atom stereocenters. The van der Waals surface area contributed by atoms with Crippen LogP contribution in [0.3, 0.4) is 0 Å². The van der Waals surface area contributed by atoms with E-state index in [-0.39, 0.29) is 25.3 Å². The van der Waals surface area contributed by atoms with Crippen LogP contribution >= 0.6 is 0 Å². The van der Waals surface area contributed by atoms with E-state index in [1.807, 2.05) is 13.8 Å². The number of urea groups is 1. The Balaban J connectivity index is 1.79. The predicted octanol–water partition coefficient (Wildman–Crippen LogP) is 1.10. The van der Waals surface area contributed by atoms with Crippen molar-refractivity contribution < 1.29 is 23.9 Å². The number of ether oxygens (including phenoxy) is 2. The highest BCUT2D eigenvalue weighted by atomic mass is 16.7. The van der Waals surface area contributed by atoms with Crippen LogP contribution in [-0.2, 0) is 15.1 Å². The molecule has 4 amide bonds. The number of amides is 4. The quantitative estimate of drug-likeness (QED) is 0.778. The van der Waals surface area contributed by atoms with Crippen molar-refractivity contribution in [2.24, 2.45) is 0 Å². The zero-order valence-electron chi connectivity index (χ0n) is 14.4. The SMILES string of the molecule is CC[C@H](C)NC(=O)CN1C(=O)N[C@@](C)(c2ccc3c(c2)OCO3)C1=O. The van der Waals surface area contributed by atoms with Gasteiger partial charge >= 0.3 is 6.03 Å². The van der Waals surface area contributed by atoms with E-state index in [4.69, 9.17) is 9.47 Å². The first-order chi connectivity index (χ1) is 11.8. The van der Waals surface area contributed by atoms with E-state index in [0.717, 1.165) is 11.3 Å². The minimum Gasteiger partial charge on any atom is -0.454 e. The van der Waals surface area contributed by atoms with E-state index in [9.17, 15) is 14.4 Å². The van der Waals surface area contributed by atoms with Crippen LogP contribution in [0.5, 0.6) is 11.5 Å². The largest absolute Gasteiger partial charge is 0.454 e. The number of nitrogens with one attached hydrogen (secondary N) is 2. The van der Waals surface area contributed by atoms with Crippen molar-refractivity contribution in [1.29, 1.82) is 0 Å². The van der Waals surface area contributed by atoms with Crippen molar-refractivity contribution in [2.45, 2.75) is 38.8 Å². The van der Waals surface area contributed by atoms with E-state index in [1.165, 1.54) is 0 Å². The summed E-state index contributed by atoms with van der Waals surface area (Å²) in [6.45, 7) is 5.22. The van der Waals surface area contributed by atoms with Gasteiger partial charge < -0.3 is 20.1 Å². The summed E-state index contributed by atoms with van der Waals surface area (Å²) in [5.74, 6) is 0.270. The summed E-state index contributed by atoms with van der Waals surface area (Å²) in [6, 6.07) is 4.45. The molecule has 1 saturated heterocycles. The fourth-order valence-electron chi connectivity index (χ4n) is 2.81. The van der Waals surface area contributed by atoms with Crippen LogP contribution in [-0.4, -0.2) is 42.1 Å². The zero-order valence-corrected chi connectivity index (χ0v) is 14.4. The van der Waals surface area contributed by atoms with Gasteiger partial charge in [-0.15, -0.1) is 0 Å². The molecule has 25 heavy (non-hydrogen) atoms. The second-order valence-corrected chi connectivity index (χ2v) is 6.39. The van der Waals surface area contributed by atoms with Gasteiger partial charge in [0.1, 0.15) is 12.1 Å². The maximum absolute atomic E-state index is 12.8. The Morgan fingerprint density at radius 2 is 2.08 bits per heavy atom. The maximum atomic E-state index is 12.8. The van der Waals surface area contributed by atoms with Crippen molar-refractivity contribution in [1.82, 2.24) is 15.5 Å². The van der Waals surface area contributed by atoms with Gasteiger partial charge in [0.25, 0.3) is 5.91 Å². The average Bonchev–Trinajstić information content (AvgIpc) is 3.13. The highest BCUT2D eigenvalue weighted by Gasteiger charge is 2.49. The topological polar surface area (TPSA) is 97.0 Å². The standard InChI is InChI=1S/C17H21N3O5/c1-4-10(2)18-14(21)8-20-15(22)17(3,19-16(20)23)11-5-6-12-13(7-11)25-9-24-12/h5-7,10H,4,8-9H2,1-3H3,(H,18,21)(H,19,23)/t10-,17-/m0/s1. The number of rotatable bonds is 5. The molecular weight excluding hydrogens is 326 g/mol. The fourth-order valence-corrected chi connectivity index (χ4v) is 2.81. The van der Waals surface area contributed by atoms with Gasteiger partial charge in [-0.3, -0.25) is 14.5 Å². The summed E-state index contributed by atoms with van der Waals surface area (Å²) in [6.07, 6.45) is 0.765. The normalized spacial score (nSPS) is 22.8. The lowest BCUT2D eigenvalue weighted by atomic mass is 9.91. The third kappa shape index (κ3) is 2.99. The Morgan fingerprint density at radius 1 is 1.36 bits per heavy atom. The maximum Gasteiger partial charge on any atom is 0.325 e. The lowest BCUT2D eigenvalue weighted by Gasteiger charge is -2.22. The van der Waals surface area contributed by atoms with E-state index < -0.39 is 17.5 Å². The van der Waals surface area contributed by atoms with Crippen molar-refractivity contribution in [3.63, 3.8) is 0 Å². The molecule has 0 spiro atoms. The molecule has 0 aromatic heterocycles. The molecule has 2 aliphatic rings. The van der Waals surface area contributed by atoms with Gasteiger partial charge in [-0.05, 0) is 38.0 Å². The van der Waals surface area contributed by atoms with Crippen molar-refractivity contribution in [2.75, 3.05) is 13.3 Å². The molecule has 0 aliphatic carbocycles. The fraction of sp³-hybridized carbons (Fsp3) is 0.471. The van der Waals surface area contributed by atoms with Gasteiger partial charge in [0.15, 0.2) is 11.5 Å². The molecule has 1 aromatic rings. The Hall–Kier alpha value is -2.77. The molecule has 3 rings (SSSR count). The third-order valence-electron chi connectivity index (χ3n) is 4.55. The highest BCUT2D eigenvalue weighted by molar-refractivity contribution is 6.09. The molecule has 8 heteroatoms. The number of carbonyl (C=O) groups excluding carboxylic acids is 3. The van der Waals surface area contributed by atoms with Crippen LogP contribution in [0.1, 0.15) is 32.8 Å². The number of nitrogens with zero attached hydrogens (tertiary/aromatic N) is 1. The molecule has 8 nitrogen and oxygen atoms in total. The van der Waals surface area contributed by atoms with Gasteiger partial charge in [0.05, 0.1) is 0 Å². The molecule has 2 N–H and O–H groups in total. The minimum atomic E-state index is -1.26. The second kappa shape index (κ2) is 6.27. The molecule has 0 saturated carbocycles. The molecule has 2 heterocycles. The summed E-state index contributed by atoms with van der Waals surface area (Å²) >= 11 is 0. The smallest absolute Gasteiger partial charge is 0.325 e. The first kappa shape index (κ1) is 17.1. The van der Waals surface area contributed by atoms with Crippen LogP contribution in [0, 0.1) is 0 Å². The van der Waals surface area contributed by atoms with Crippen LogP contribution in [0.25, 0.3) is 0 Å². The molecular formula is C17H21N3O5. The molecule has 0 radical (unpaired) electrons. The number of benzene rings is 1. The van der Waals surface area contributed by atoms with Crippen molar-refractivity contribution in [3.8, 4) is 11.5 Å². The summed E-state index contributed by atoms with van der Waals surface area (Å²) in [4.78, 5) is 38.0. The van der Waals surface area contributed by atoms with Crippen LogP contribution in [0.15, 0.2) is 18.2 Å². The van der Waals surface area contributed by atoms with Gasteiger partial charge in [0, 0.05) is 6.04 Å². The molecule has 1 aromatic carbocycles. The van der Waals surface area contributed by atoms with Gasteiger partial charge in [-0.25, -0.2) is 4.79 Å².